The molecule has 4 rings (SSSR count). The van der Waals surface area contributed by atoms with Crippen molar-refractivity contribution in [2.24, 2.45) is 4.99 Å². The number of aromatic nitrogens is 1. The highest BCUT2D eigenvalue weighted by molar-refractivity contribution is 5.93. The van der Waals surface area contributed by atoms with Crippen molar-refractivity contribution in [3.05, 3.63) is 42.1 Å². The van der Waals surface area contributed by atoms with Crippen molar-refractivity contribution in [1.29, 1.82) is 0 Å². The van der Waals surface area contributed by atoms with E-state index in [1.165, 1.54) is 25.7 Å². The summed E-state index contributed by atoms with van der Waals surface area (Å²) in [4.78, 5) is 11.4. The molecule has 1 aromatic heterocycles. The third kappa shape index (κ3) is 5.34. The summed E-state index contributed by atoms with van der Waals surface area (Å²) in [6, 6.07) is 10.1. The summed E-state index contributed by atoms with van der Waals surface area (Å²) >= 11 is 0. The first kappa shape index (κ1) is 20.3. The van der Waals surface area contributed by atoms with Gasteiger partial charge < -0.3 is 25.0 Å². The maximum absolute atomic E-state index is 5.77. The molecule has 0 saturated carbocycles. The van der Waals surface area contributed by atoms with E-state index in [9.17, 15) is 0 Å². The van der Waals surface area contributed by atoms with E-state index in [1.807, 2.05) is 24.4 Å². The molecule has 0 aliphatic carbocycles. The molecule has 0 spiro atoms. The van der Waals surface area contributed by atoms with Crippen LogP contribution in [0.3, 0.4) is 0 Å². The quantitative estimate of drug-likeness (QED) is 0.591. The normalized spacial score (nSPS) is 17.1. The Hall–Kier alpha value is -2.96. The molecule has 1 fully saturated rings. The Morgan fingerprint density at radius 3 is 2.53 bits per heavy atom. The molecular weight excluding hydrogens is 378 g/mol. The Bertz CT molecular complexity index is 845. The number of ether oxygens (including phenoxy) is 2. The molecule has 160 valence electrons. The van der Waals surface area contributed by atoms with E-state index >= 15 is 0 Å². The maximum Gasteiger partial charge on any atom is 0.195 e. The first-order valence-electron chi connectivity index (χ1n) is 10.9. The van der Waals surface area contributed by atoms with Crippen LogP contribution in [-0.2, 0) is 6.54 Å². The molecule has 2 aromatic rings. The zero-order valence-corrected chi connectivity index (χ0v) is 17.7. The van der Waals surface area contributed by atoms with Crippen LogP contribution in [0.1, 0.15) is 37.7 Å². The van der Waals surface area contributed by atoms with Crippen molar-refractivity contribution in [2.45, 2.75) is 38.6 Å². The van der Waals surface area contributed by atoms with E-state index in [1.54, 1.807) is 7.05 Å². The molecule has 0 amide bonds. The molecule has 0 atom stereocenters. The molecule has 30 heavy (non-hydrogen) atoms. The van der Waals surface area contributed by atoms with Gasteiger partial charge in [-0.05, 0) is 36.6 Å². The van der Waals surface area contributed by atoms with Crippen LogP contribution in [0.2, 0.25) is 0 Å². The van der Waals surface area contributed by atoms with Gasteiger partial charge in [-0.15, -0.1) is 0 Å². The van der Waals surface area contributed by atoms with Crippen molar-refractivity contribution < 1.29 is 9.47 Å². The highest BCUT2D eigenvalue weighted by atomic mass is 16.5. The van der Waals surface area contributed by atoms with Gasteiger partial charge in [0.05, 0.1) is 13.2 Å². The van der Waals surface area contributed by atoms with E-state index in [0.29, 0.717) is 25.7 Å². The minimum absolute atomic E-state index is 0.650. The Kier molecular flexibility index (Phi) is 6.90. The third-order valence-electron chi connectivity index (χ3n) is 5.43. The zero-order chi connectivity index (χ0) is 20.6. The van der Waals surface area contributed by atoms with Crippen LogP contribution in [0.5, 0.6) is 11.5 Å². The SMILES string of the molecule is CN=C(NCc1ccc(N2CCCCCC2)nc1)Nc1ccc2c(c1)OCCCO2. The largest absolute Gasteiger partial charge is 0.490 e. The van der Waals surface area contributed by atoms with Crippen molar-refractivity contribution in [3.63, 3.8) is 0 Å². The van der Waals surface area contributed by atoms with Gasteiger partial charge in [-0.1, -0.05) is 18.9 Å². The van der Waals surface area contributed by atoms with Crippen molar-refractivity contribution >= 4 is 17.5 Å². The monoisotopic (exact) mass is 409 g/mol. The minimum atomic E-state index is 0.650. The topological polar surface area (TPSA) is 71.0 Å². The second-order valence-electron chi connectivity index (χ2n) is 7.69. The predicted octanol–water partition coefficient (Wildman–Crippen LogP) is 3.81. The number of guanidine groups is 1. The van der Waals surface area contributed by atoms with Crippen molar-refractivity contribution in [1.82, 2.24) is 10.3 Å². The van der Waals surface area contributed by atoms with E-state index in [-0.39, 0.29) is 0 Å². The van der Waals surface area contributed by atoms with Gasteiger partial charge in [0.2, 0.25) is 0 Å². The summed E-state index contributed by atoms with van der Waals surface area (Å²) in [7, 11) is 1.76. The molecule has 2 aliphatic rings. The Morgan fingerprint density at radius 2 is 1.80 bits per heavy atom. The number of aliphatic imine (C=N–C) groups is 1. The lowest BCUT2D eigenvalue weighted by Crippen LogP contribution is -2.30. The number of pyridine rings is 1. The van der Waals surface area contributed by atoms with E-state index in [0.717, 1.165) is 48.1 Å². The van der Waals surface area contributed by atoms with Gasteiger partial charge >= 0.3 is 0 Å². The second kappa shape index (κ2) is 10.2. The lowest BCUT2D eigenvalue weighted by atomic mass is 10.2. The van der Waals surface area contributed by atoms with Crippen molar-refractivity contribution in [2.75, 3.05) is 43.6 Å². The lowest BCUT2D eigenvalue weighted by molar-refractivity contribution is 0.297. The molecule has 7 heteroatoms. The van der Waals surface area contributed by atoms with Crippen LogP contribution < -0.4 is 25.0 Å². The molecular formula is C23H31N5O2. The van der Waals surface area contributed by atoms with Crippen LogP contribution in [-0.4, -0.2) is 44.3 Å². The number of fused-ring (bicyclic) bond motifs is 1. The average Bonchev–Trinajstić information content (AvgIpc) is 3.20. The number of rotatable bonds is 4. The fourth-order valence-corrected chi connectivity index (χ4v) is 3.75. The summed E-state index contributed by atoms with van der Waals surface area (Å²) < 4.78 is 11.5. The first-order chi connectivity index (χ1) is 14.8. The van der Waals surface area contributed by atoms with Crippen LogP contribution >= 0.6 is 0 Å². The van der Waals surface area contributed by atoms with Gasteiger partial charge in [-0.3, -0.25) is 4.99 Å². The van der Waals surface area contributed by atoms with Gasteiger partial charge in [0, 0.05) is 51.1 Å². The molecule has 1 saturated heterocycles. The smallest absolute Gasteiger partial charge is 0.195 e. The third-order valence-corrected chi connectivity index (χ3v) is 5.43. The van der Waals surface area contributed by atoms with E-state index in [4.69, 9.17) is 9.47 Å². The fraction of sp³-hybridized carbons (Fsp3) is 0.478. The summed E-state index contributed by atoms with van der Waals surface area (Å²) in [5.41, 5.74) is 2.03. The molecule has 1 aromatic carbocycles. The number of hydrogen-bond donors (Lipinski definition) is 2. The van der Waals surface area contributed by atoms with Gasteiger partial charge in [0.15, 0.2) is 17.5 Å². The maximum atomic E-state index is 5.77. The summed E-state index contributed by atoms with van der Waals surface area (Å²) in [6.07, 6.45) is 8.01. The van der Waals surface area contributed by atoms with E-state index < -0.39 is 0 Å². The lowest BCUT2D eigenvalue weighted by Gasteiger charge is -2.21. The molecule has 2 aliphatic heterocycles. The summed E-state index contributed by atoms with van der Waals surface area (Å²) in [6.45, 7) is 4.22. The standard InChI is InChI=1S/C23H31N5O2/c1-24-23(27-19-8-9-20-21(15-19)30-14-6-13-29-20)26-17-18-7-10-22(25-16-18)28-11-4-2-3-5-12-28/h7-10,15-16H,2-6,11-14,17H2,1H3,(H2,24,26,27). The van der Waals surface area contributed by atoms with Crippen LogP contribution in [0.25, 0.3) is 0 Å². The highest BCUT2D eigenvalue weighted by Gasteiger charge is 2.12. The molecule has 2 N–H and O–H groups in total. The summed E-state index contributed by atoms with van der Waals surface area (Å²) in [5, 5.41) is 6.66. The fourth-order valence-electron chi connectivity index (χ4n) is 3.75. The van der Waals surface area contributed by atoms with Crippen LogP contribution in [0.15, 0.2) is 41.5 Å². The molecule has 0 unspecified atom stereocenters. The van der Waals surface area contributed by atoms with Gasteiger partial charge in [-0.2, -0.15) is 0 Å². The average molecular weight is 410 g/mol. The van der Waals surface area contributed by atoms with Crippen molar-refractivity contribution in [3.8, 4) is 11.5 Å². The van der Waals surface area contributed by atoms with Gasteiger partial charge in [0.25, 0.3) is 0 Å². The van der Waals surface area contributed by atoms with Crippen LogP contribution in [0, 0.1) is 0 Å². The molecule has 7 nitrogen and oxygen atoms in total. The first-order valence-corrected chi connectivity index (χ1v) is 10.9. The Morgan fingerprint density at radius 1 is 1.00 bits per heavy atom. The number of anilines is 2. The minimum Gasteiger partial charge on any atom is -0.490 e. The predicted molar refractivity (Wildman–Crippen MR) is 121 cm³/mol. The van der Waals surface area contributed by atoms with Gasteiger partial charge in [-0.25, -0.2) is 4.98 Å². The van der Waals surface area contributed by atoms with E-state index in [2.05, 4.69) is 37.6 Å². The Balaban J connectivity index is 1.33. The summed E-state index contributed by atoms with van der Waals surface area (Å²) in [5.74, 6) is 3.33. The molecule has 0 bridgehead atoms. The number of nitrogens with zero attached hydrogens (tertiary/aromatic N) is 3. The second-order valence-corrected chi connectivity index (χ2v) is 7.69. The number of benzene rings is 1. The van der Waals surface area contributed by atoms with Gasteiger partial charge in [0.1, 0.15) is 5.82 Å². The Labute approximate surface area is 178 Å². The molecule has 0 radical (unpaired) electrons. The number of hydrogen-bond acceptors (Lipinski definition) is 5. The zero-order valence-electron chi connectivity index (χ0n) is 17.7. The number of nitrogens with one attached hydrogen (secondary N) is 2. The highest BCUT2D eigenvalue weighted by Crippen LogP contribution is 2.32. The van der Waals surface area contributed by atoms with Crippen LogP contribution in [0.4, 0.5) is 11.5 Å². The molecule has 3 heterocycles.